The van der Waals surface area contributed by atoms with E-state index in [1.807, 2.05) is 0 Å². The topological polar surface area (TPSA) is 0 Å². The third kappa shape index (κ3) is 2.20. The Morgan fingerprint density at radius 3 is 2.50 bits per heavy atom. The molecule has 0 unspecified atom stereocenters. The molecule has 0 amide bonds. The maximum absolute atomic E-state index is 3.71. The van der Waals surface area contributed by atoms with Gasteiger partial charge in [-0.15, -0.1) is 5.73 Å². The monoisotopic (exact) mass is 234 g/mol. The van der Waals surface area contributed by atoms with E-state index in [4.69, 9.17) is 0 Å². The Hall–Kier alpha value is -0.310. The van der Waals surface area contributed by atoms with E-state index in [9.17, 15) is 0 Å². The first kappa shape index (κ1) is 12.2. The predicted octanol–water partition coefficient (Wildman–Crippen LogP) is 5.21. The van der Waals surface area contributed by atoms with Gasteiger partial charge < -0.3 is 0 Å². The van der Waals surface area contributed by atoms with E-state index >= 15 is 0 Å². The van der Waals surface area contributed by atoms with Gasteiger partial charge in [0.2, 0.25) is 0 Å². The van der Waals surface area contributed by atoms with Crippen LogP contribution in [0.1, 0.15) is 52.9 Å². The molecular weight excluding hydrogens is 211 g/mol. The lowest BCUT2D eigenvalue weighted by Crippen LogP contribution is -2.29. The van der Waals surface area contributed by atoms with Crippen molar-refractivity contribution in [2.45, 2.75) is 64.2 Å². The Balaban J connectivity index is 2.22. The zero-order valence-corrected chi connectivity index (χ0v) is 11.7. The standard InChI is InChI=1S/C15H23P/c1-4-12-8-7-9-15(10-12)16-13(5-2)11-14(16)6-3/h7,9,13-14H,4-6,8,11H2,1-3H3/t13-,14-/m0/s1. The summed E-state index contributed by atoms with van der Waals surface area (Å²) in [5.74, 6) is 0. The minimum absolute atomic E-state index is 0.123. The van der Waals surface area contributed by atoms with E-state index in [1.54, 1.807) is 5.31 Å². The third-order valence-corrected chi connectivity index (χ3v) is 7.47. The van der Waals surface area contributed by atoms with Crippen LogP contribution < -0.4 is 0 Å². The van der Waals surface area contributed by atoms with Crippen molar-refractivity contribution in [3.05, 3.63) is 28.8 Å². The number of hydrogen-bond donors (Lipinski definition) is 0. The van der Waals surface area contributed by atoms with E-state index in [-0.39, 0.29) is 7.92 Å². The maximum atomic E-state index is 3.71. The highest BCUT2D eigenvalue weighted by Gasteiger charge is 2.39. The third-order valence-electron chi connectivity index (χ3n) is 3.92. The Morgan fingerprint density at radius 1 is 1.25 bits per heavy atom. The molecule has 0 N–H and O–H groups in total. The molecule has 2 atom stereocenters. The molecule has 0 spiro atoms. The predicted molar refractivity (Wildman–Crippen MR) is 74.3 cm³/mol. The second-order valence-corrected chi connectivity index (χ2v) is 7.60. The SMILES string of the molecule is CCC1=C=C(P2[C@@H](CC)C[C@@H]2CC)C=CC1. The van der Waals surface area contributed by atoms with Gasteiger partial charge in [0.25, 0.3) is 0 Å². The summed E-state index contributed by atoms with van der Waals surface area (Å²) in [5.41, 5.74) is 7.20. The maximum Gasteiger partial charge on any atom is 0.0176 e. The van der Waals surface area contributed by atoms with Crippen molar-refractivity contribution in [1.82, 2.24) is 0 Å². The number of allylic oxidation sites excluding steroid dienone is 3. The van der Waals surface area contributed by atoms with Crippen molar-refractivity contribution >= 4 is 7.92 Å². The van der Waals surface area contributed by atoms with Gasteiger partial charge in [-0.05, 0) is 49.0 Å². The molecule has 1 heteroatoms. The van der Waals surface area contributed by atoms with Crippen molar-refractivity contribution in [1.29, 1.82) is 0 Å². The highest BCUT2D eigenvalue weighted by Crippen LogP contribution is 2.67. The average Bonchev–Trinajstić information content (AvgIpc) is 2.29. The lowest BCUT2D eigenvalue weighted by atomic mass is 10.1. The van der Waals surface area contributed by atoms with Crippen LogP contribution in [0.4, 0.5) is 0 Å². The van der Waals surface area contributed by atoms with Crippen LogP contribution in [-0.4, -0.2) is 11.3 Å². The van der Waals surface area contributed by atoms with Crippen LogP contribution in [0.15, 0.2) is 28.8 Å². The fourth-order valence-electron chi connectivity index (χ4n) is 2.79. The molecule has 0 nitrogen and oxygen atoms in total. The van der Waals surface area contributed by atoms with Gasteiger partial charge >= 0.3 is 0 Å². The molecule has 1 aliphatic heterocycles. The first-order valence-corrected chi connectivity index (χ1v) is 8.21. The van der Waals surface area contributed by atoms with Crippen LogP contribution in [0.3, 0.4) is 0 Å². The van der Waals surface area contributed by atoms with Gasteiger partial charge in [0.1, 0.15) is 0 Å². The lowest BCUT2D eigenvalue weighted by molar-refractivity contribution is 0.607. The van der Waals surface area contributed by atoms with Crippen molar-refractivity contribution in [2.75, 3.05) is 0 Å². The quantitative estimate of drug-likeness (QED) is 0.463. The van der Waals surface area contributed by atoms with Crippen LogP contribution in [0, 0.1) is 0 Å². The summed E-state index contributed by atoms with van der Waals surface area (Å²) in [6.07, 6.45) is 11.2. The molecule has 1 saturated heterocycles. The number of hydrogen-bond acceptors (Lipinski definition) is 0. The molecule has 0 radical (unpaired) electrons. The summed E-state index contributed by atoms with van der Waals surface area (Å²) in [6.45, 7) is 6.95. The molecule has 16 heavy (non-hydrogen) atoms. The van der Waals surface area contributed by atoms with Gasteiger partial charge in [-0.25, -0.2) is 0 Å². The second-order valence-electron chi connectivity index (χ2n) is 4.84. The highest BCUT2D eigenvalue weighted by molar-refractivity contribution is 7.65. The smallest absolute Gasteiger partial charge is 0.0176 e. The van der Waals surface area contributed by atoms with Crippen molar-refractivity contribution < 1.29 is 0 Å². The zero-order chi connectivity index (χ0) is 11.5. The Bertz CT molecular complexity index is 334. The van der Waals surface area contributed by atoms with E-state index in [0.29, 0.717) is 0 Å². The first-order chi connectivity index (χ1) is 7.80. The minimum Gasteiger partial charge on any atom is -0.113 e. The zero-order valence-electron chi connectivity index (χ0n) is 10.8. The summed E-state index contributed by atoms with van der Waals surface area (Å²) >= 11 is 0. The number of rotatable bonds is 4. The van der Waals surface area contributed by atoms with Gasteiger partial charge in [-0.3, -0.25) is 0 Å². The molecule has 0 aromatic carbocycles. The normalized spacial score (nSPS) is 29.7. The lowest BCUT2D eigenvalue weighted by Gasteiger charge is -2.45. The summed E-state index contributed by atoms with van der Waals surface area (Å²) in [7, 11) is 0.123. The van der Waals surface area contributed by atoms with E-state index < -0.39 is 0 Å². The summed E-state index contributed by atoms with van der Waals surface area (Å²) in [5, 5.41) is 1.57. The van der Waals surface area contributed by atoms with Gasteiger partial charge in [-0.2, -0.15) is 0 Å². The molecule has 0 bridgehead atoms. The largest absolute Gasteiger partial charge is 0.113 e. The second kappa shape index (κ2) is 5.35. The molecule has 2 rings (SSSR count). The molecule has 0 saturated carbocycles. The van der Waals surface area contributed by atoms with Gasteiger partial charge in [0.15, 0.2) is 0 Å². The van der Waals surface area contributed by atoms with E-state index in [0.717, 1.165) is 17.7 Å². The molecule has 2 aliphatic rings. The van der Waals surface area contributed by atoms with E-state index in [2.05, 4.69) is 38.7 Å². The molecular formula is C15H23P. The molecule has 0 aromatic rings. The van der Waals surface area contributed by atoms with Crippen LogP contribution in [0.25, 0.3) is 0 Å². The fourth-order valence-corrected chi connectivity index (χ4v) is 6.10. The molecule has 1 aliphatic carbocycles. The molecule has 1 fully saturated rings. The van der Waals surface area contributed by atoms with Crippen molar-refractivity contribution in [2.24, 2.45) is 0 Å². The van der Waals surface area contributed by atoms with Gasteiger partial charge in [0, 0.05) is 5.31 Å². The Morgan fingerprint density at radius 2 is 1.94 bits per heavy atom. The average molecular weight is 234 g/mol. The van der Waals surface area contributed by atoms with Crippen molar-refractivity contribution in [3.63, 3.8) is 0 Å². The van der Waals surface area contributed by atoms with Crippen LogP contribution in [0.2, 0.25) is 0 Å². The highest BCUT2D eigenvalue weighted by atomic mass is 31.1. The summed E-state index contributed by atoms with van der Waals surface area (Å²) < 4.78 is 0. The van der Waals surface area contributed by atoms with Crippen LogP contribution in [-0.2, 0) is 0 Å². The first-order valence-electron chi connectivity index (χ1n) is 6.73. The van der Waals surface area contributed by atoms with Gasteiger partial charge in [-0.1, -0.05) is 40.8 Å². The molecule has 88 valence electrons. The van der Waals surface area contributed by atoms with Crippen LogP contribution >= 0.6 is 7.92 Å². The summed E-state index contributed by atoms with van der Waals surface area (Å²) in [6, 6.07) is 0. The Labute approximate surface area is 101 Å². The van der Waals surface area contributed by atoms with Gasteiger partial charge in [0.05, 0.1) is 0 Å². The van der Waals surface area contributed by atoms with Crippen molar-refractivity contribution in [3.8, 4) is 0 Å². The Kier molecular flexibility index (Phi) is 4.06. The minimum atomic E-state index is 0.123. The fraction of sp³-hybridized carbons (Fsp3) is 0.667. The molecule has 0 aromatic heterocycles. The van der Waals surface area contributed by atoms with Crippen LogP contribution in [0.5, 0.6) is 0 Å². The molecule has 1 heterocycles. The van der Waals surface area contributed by atoms with E-state index in [1.165, 1.54) is 31.3 Å². The summed E-state index contributed by atoms with van der Waals surface area (Å²) in [4.78, 5) is 0.